The van der Waals surface area contributed by atoms with E-state index >= 15 is 0 Å². The molecule has 9 heteroatoms. The van der Waals surface area contributed by atoms with Crippen molar-refractivity contribution in [3.8, 4) is 22.3 Å². The van der Waals surface area contributed by atoms with E-state index in [-0.39, 0.29) is 24.0 Å². The predicted molar refractivity (Wildman–Crippen MR) is 122 cm³/mol. The van der Waals surface area contributed by atoms with Gasteiger partial charge in [0, 0.05) is 25.2 Å². The molecule has 0 spiro atoms. The Morgan fingerprint density at radius 3 is 2.68 bits per heavy atom. The summed E-state index contributed by atoms with van der Waals surface area (Å²) < 4.78 is 16.2. The molecule has 0 saturated carbocycles. The van der Waals surface area contributed by atoms with Gasteiger partial charge in [0.2, 0.25) is 5.89 Å². The molecule has 2 aromatic heterocycles. The molecular formula is C19H23IN4O3S. The number of halogens is 1. The van der Waals surface area contributed by atoms with Crippen molar-refractivity contribution in [3.05, 3.63) is 53.2 Å². The molecule has 150 valence electrons. The number of nitrogens with one attached hydrogen (secondary N) is 2. The maximum absolute atomic E-state index is 5.53. The third kappa shape index (κ3) is 5.61. The van der Waals surface area contributed by atoms with E-state index in [1.165, 1.54) is 0 Å². The van der Waals surface area contributed by atoms with Crippen molar-refractivity contribution in [3.63, 3.8) is 0 Å². The lowest BCUT2D eigenvalue weighted by Crippen LogP contribution is -2.36. The molecule has 1 aromatic carbocycles. The fourth-order valence-corrected chi connectivity index (χ4v) is 3.13. The molecule has 3 aromatic rings. The normalized spacial score (nSPS) is 10.9. The number of benzene rings is 1. The number of thiophene rings is 1. The first kappa shape index (κ1) is 22.0. The Labute approximate surface area is 185 Å². The van der Waals surface area contributed by atoms with Gasteiger partial charge in [-0.15, -0.1) is 35.3 Å². The molecule has 0 aliphatic rings. The molecule has 28 heavy (non-hydrogen) atoms. The summed E-state index contributed by atoms with van der Waals surface area (Å²) in [6, 6.07) is 9.67. The molecule has 0 atom stereocenters. The van der Waals surface area contributed by atoms with Gasteiger partial charge in [-0.25, -0.2) is 4.98 Å². The van der Waals surface area contributed by atoms with Gasteiger partial charge in [0.25, 0.3) is 0 Å². The molecule has 0 bridgehead atoms. The van der Waals surface area contributed by atoms with Crippen molar-refractivity contribution in [1.29, 1.82) is 0 Å². The van der Waals surface area contributed by atoms with E-state index in [0.717, 1.165) is 27.6 Å². The van der Waals surface area contributed by atoms with Crippen LogP contribution < -0.4 is 20.1 Å². The van der Waals surface area contributed by atoms with Crippen LogP contribution in [0.1, 0.15) is 11.3 Å². The van der Waals surface area contributed by atoms with Gasteiger partial charge in [-0.2, -0.15) is 0 Å². The summed E-state index contributed by atoms with van der Waals surface area (Å²) in [6.45, 7) is 1.07. The zero-order valence-electron chi connectivity index (χ0n) is 15.9. The van der Waals surface area contributed by atoms with Crippen LogP contribution in [0.4, 0.5) is 0 Å². The molecule has 0 aliphatic carbocycles. The number of oxazole rings is 1. The highest BCUT2D eigenvalue weighted by molar-refractivity contribution is 14.0. The van der Waals surface area contributed by atoms with E-state index in [9.17, 15) is 0 Å². The third-order valence-electron chi connectivity index (χ3n) is 3.88. The molecule has 3 rings (SSSR count). The van der Waals surface area contributed by atoms with E-state index in [0.29, 0.717) is 24.9 Å². The largest absolute Gasteiger partial charge is 0.497 e. The maximum atomic E-state index is 5.53. The lowest BCUT2D eigenvalue weighted by Gasteiger charge is -2.14. The molecule has 7 nitrogen and oxygen atoms in total. The molecule has 2 N–H and O–H groups in total. The van der Waals surface area contributed by atoms with Gasteiger partial charge in [-0.1, -0.05) is 6.07 Å². The van der Waals surface area contributed by atoms with Crippen molar-refractivity contribution in [2.45, 2.75) is 13.1 Å². The molecule has 0 radical (unpaired) electrons. The highest BCUT2D eigenvalue weighted by Gasteiger charge is 2.09. The average molecular weight is 514 g/mol. The number of aliphatic imine (C=N–C) groups is 1. The standard InChI is InChI=1S/C19H22N4O3S.HI/c1-20-19(21-10-13-6-7-15(24-2)9-16(13)25-3)22-11-14-12-26-18(23-14)17-5-4-8-27-17;/h4-9,12H,10-11H2,1-3H3,(H2,20,21,22);1H. The van der Waals surface area contributed by atoms with Crippen LogP contribution in [-0.2, 0) is 13.1 Å². The van der Waals surface area contributed by atoms with Gasteiger partial charge in [-0.3, -0.25) is 4.99 Å². The summed E-state index contributed by atoms with van der Waals surface area (Å²) in [7, 11) is 4.99. The van der Waals surface area contributed by atoms with Crippen LogP contribution in [0.2, 0.25) is 0 Å². The fourth-order valence-electron chi connectivity index (χ4n) is 2.47. The summed E-state index contributed by atoms with van der Waals surface area (Å²) in [6.07, 6.45) is 1.65. The molecule has 0 fully saturated rings. The van der Waals surface area contributed by atoms with Crippen molar-refractivity contribution in [2.24, 2.45) is 4.99 Å². The predicted octanol–water partition coefficient (Wildman–Crippen LogP) is 3.90. The number of methoxy groups -OCH3 is 2. The van der Waals surface area contributed by atoms with Crippen LogP contribution in [0.15, 0.2) is 51.4 Å². The first-order valence-electron chi connectivity index (χ1n) is 8.37. The van der Waals surface area contributed by atoms with Crippen LogP contribution in [0.3, 0.4) is 0 Å². The average Bonchev–Trinajstić information content (AvgIpc) is 3.39. The zero-order chi connectivity index (χ0) is 19.1. The van der Waals surface area contributed by atoms with Crippen LogP contribution >= 0.6 is 35.3 Å². The Kier molecular flexibility index (Phi) is 8.58. The number of hydrogen-bond donors (Lipinski definition) is 2. The number of ether oxygens (including phenoxy) is 2. The summed E-state index contributed by atoms with van der Waals surface area (Å²) in [5.74, 6) is 2.81. The highest BCUT2D eigenvalue weighted by atomic mass is 127. The van der Waals surface area contributed by atoms with Crippen LogP contribution in [0.25, 0.3) is 10.8 Å². The Bertz CT molecular complexity index is 896. The minimum Gasteiger partial charge on any atom is -0.497 e. The van der Waals surface area contributed by atoms with Crippen LogP contribution in [0.5, 0.6) is 11.5 Å². The van der Waals surface area contributed by atoms with E-state index in [1.807, 2.05) is 35.7 Å². The number of guanidine groups is 1. The molecule has 2 heterocycles. The van der Waals surface area contributed by atoms with Gasteiger partial charge >= 0.3 is 0 Å². The first-order chi connectivity index (χ1) is 13.2. The van der Waals surface area contributed by atoms with Crippen LogP contribution in [0, 0.1) is 0 Å². The van der Waals surface area contributed by atoms with E-state index in [1.54, 1.807) is 38.9 Å². The smallest absolute Gasteiger partial charge is 0.236 e. The summed E-state index contributed by atoms with van der Waals surface area (Å²) in [4.78, 5) is 9.73. The van der Waals surface area contributed by atoms with Crippen molar-refractivity contribution in [1.82, 2.24) is 15.6 Å². The number of hydrogen-bond acceptors (Lipinski definition) is 6. The van der Waals surface area contributed by atoms with Crippen molar-refractivity contribution < 1.29 is 13.9 Å². The molecule has 0 aliphatic heterocycles. The zero-order valence-corrected chi connectivity index (χ0v) is 19.0. The molecule has 0 saturated heterocycles. The second-order valence-corrected chi connectivity index (χ2v) is 6.53. The Morgan fingerprint density at radius 1 is 1.18 bits per heavy atom. The molecule has 0 unspecified atom stereocenters. The third-order valence-corrected chi connectivity index (χ3v) is 4.74. The Balaban J connectivity index is 0.00000280. The SMILES string of the molecule is CN=C(NCc1coc(-c2cccs2)n1)NCc1ccc(OC)cc1OC.I. The number of aromatic nitrogens is 1. The molecular weight excluding hydrogens is 491 g/mol. The van der Waals surface area contributed by atoms with Gasteiger partial charge in [0.1, 0.15) is 17.8 Å². The van der Waals surface area contributed by atoms with Crippen molar-refractivity contribution in [2.75, 3.05) is 21.3 Å². The molecule has 0 amide bonds. The summed E-state index contributed by atoms with van der Waals surface area (Å²) >= 11 is 1.60. The fraction of sp³-hybridized carbons (Fsp3) is 0.263. The van der Waals surface area contributed by atoms with Gasteiger partial charge in [0.05, 0.1) is 31.3 Å². The Hall–Kier alpha value is -2.27. The highest BCUT2D eigenvalue weighted by Crippen LogP contribution is 2.25. The van der Waals surface area contributed by atoms with E-state index < -0.39 is 0 Å². The van der Waals surface area contributed by atoms with E-state index in [2.05, 4.69) is 20.6 Å². The first-order valence-corrected chi connectivity index (χ1v) is 9.25. The minimum absolute atomic E-state index is 0. The van der Waals surface area contributed by atoms with E-state index in [4.69, 9.17) is 13.9 Å². The van der Waals surface area contributed by atoms with Gasteiger partial charge in [0.15, 0.2) is 5.96 Å². The Morgan fingerprint density at radius 2 is 2.00 bits per heavy atom. The number of nitrogens with zero attached hydrogens (tertiary/aromatic N) is 2. The van der Waals surface area contributed by atoms with Gasteiger partial charge in [-0.05, 0) is 23.6 Å². The summed E-state index contributed by atoms with van der Waals surface area (Å²) in [5.41, 5.74) is 1.81. The second-order valence-electron chi connectivity index (χ2n) is 5.58. The van der Waals surface area contributed by atoms with Crippen LogP contribution in [-0.4, -0.2) is 32.2 Å². The minimum atomic E-state index is 0. The monoisotopic (exact) mass is 514 g/mol. The second kappa shape index (κ2) is 10.9. The lowest BCUT2D eigenvalue weighted by molar-refractivity contribution is 0.390. The summed E-state index contributed by atoms with van der Waals surface area (Å²) in [5, 5.41) is 8.49. The lowest BCUT2D eigenvalue weighted by atomic mass is 10.2. The van der Waals surface area contributed by atoms with Crippen molar-refractivity contribution >= 4 is 41.3 Å². The quantitative estimate of drug-likeness (QED) is 0.283. The van der Waals surface area contributed by atoms with Gasteiger partial charge < -0.3 is 24.5 Å². The topological polar surface area (TPSA) is 80.9 Å². The maximum Gasteiger partial charge on any atom is 0.236 e. The number of rotatable bonds is 7.